The number of para-hydroxylation sites is 4. The smallest absolute Gasteiger partial charge is 0.143 e. The van der Waals surface area contributed by atoms with Crippen LogP contribution in [0.1, 0.15) is 0 Å². The predicted molar refractivity (Wildman–Crippen MR) is 178 cm³/mol. The standard InChI is InChI=1S/C40H23NO/c1-3-13-35-29(7-1)32-10-5-9-27(39(32)41-35)26-21-24-16-15-23-17-19-28(31-20-18-25(22-26)37(24)38(23)31)33-11-6-12-34-30-8-2-4-14-36(30)42-40(33)34/h1-22,41H. The Morgan fingerprint density at radius 3 is 2.02 bits per heavy atom. The molecule has 2 nitrogen and oxygen atoms in total. The molecule has 0 amide bonds. The SMILES string of the molecule is c1ccc2c(c1)[nH]c1c(-c3cc4ccc5ccc(-c6cccc7c6oc6ccccc67)c6ccc(c3)c4c56)cccc12. The predicted octanol–water partition coefficient (Wildman–Crippen LogP) is 11.5. The van der Waals surface area contributed by atoms with Crippen LogP contribution in [0.25, 0.3) is 98.3 Å². The molecule has 0 unspecified atom stereocenters. The maximum Gasteiger partial charge on any atom is 0.143 e. The average Bonchev–Trinajstić information content (AvgIpc) is 3.62. The zero-order chi connectivity index (χ0) is 27.4. The van der Waals surface area contributed by atoms with E-state index < -0.39 is 0 Å². The van der Waals surface area contributed by atoms with Crippen molar-refractivity contribution in [3.05, 3.63) is 133 Å². The molecule has 0 aliphatic rings. The lowest BCUT2D eigenvalue weighted by atomic mass is 9.88. The van der Waals surface area contributed by atoms with Crippen LogP contribution < -0.4 is 0 Å². The minimum Gasteiger partial charge on any atom is -0.455 e. The van der Waals surface area contributed by atoms with Crippen LogP contribution in [-0.4, -0.2) is 4.98 Å². The molecular weight excluding hydrogens is 510 g/mol. The monoisotopic (exact) mass is 533 g/mol. The van der Waals surface area contributed by atoms with Gasteiger partial charge in [-0.1, -0.05) is 109 Å². The highest BCUT2D eigenvalue weighted by Gasteiger charge is 2.18. The molecule has 0 aliphatic heterocycles. The summed E-state index contributed by atoms with van der Waals surface area (Å²) in [6.07, 6.45) is 0. The fourth-order valence-corrected chi connectivity index (χ4v) is 7.28. The van der Waals surface area contributed by atoms with Gasteiger partial charge in [-0.05, 0) is 67.7 Å². The second kappa shape index (κ2) is 7.99. The summed E-state index contributed by atoms with van der Waals surface area (Å²) in [6, 6.07) is 48.3. The van der Waals surface area contributed by atoms with Crippen LogP contribution in [0.5, 0.6) is 0 Å². The Hall–Kier alpha value is -5.60. The Bertz CT molecular complexity index is 2670. The molecule has 42 heavy (non-hydrogen) atoms. The summed E-state index contributed by atoms with van der Waals surface area (Å²) in [5, 5.41) is 12.5. The van der Waals surface area contributed by atoms with Gasteiger partial charge < -0.3 is 9.40 Å². The highest BCUT2D eigenvalue weighted by atomic mass is 16.3. The van der Waals surface area contributed by atoms with Gasteiger partial charge in [-0.15, -0.1) is 0 Å². The molecule has 0 bridgehead atoms. The van der Waals surface area contributed by atoms with Gasteiger partial charge in [0.2, 0.25) is 0 Å². The highest BCUT2D eigenvalue weighted by Crippen LogP contribution is 2.44. The molecule has 8 aromatic carbocycles. The Morgan fingerprint density at radius 2 is 1.12 bits per heavy atom. The van der Waals surface area contributed by atoms with E-state index in [1.807, 2.05) is 6.07 Å². The molecule has 0 atom stereocenters. The van der Waals surface area contributed by atoms with Crippen molar-refractivity contribution in [2.24, 2.45) is 0 Å². The lowest BCUT2D eigenvalue weighted by Crippen LogP contribution is -1.89. The van der Waals surface area contributed by atoms with Crippen molar-refractivity contribution in [3.63, 3.8) is 0 Å². The van der Waals surface area contributed by atoms with Gasteiger partial charge >= 0.3 is 0 Å². The van der Waals surface area contributed by atoms with E-state index in [1.54, 1.807) is 0 Å². The van der Waals surface area contributed by atoms with Gasteiger partial charge in [-0.3, -0.25) is 0 Å². The maximum absolute atomic E-state index is 6.45. The molecular formula is C40H23NO. The van der Waals surface area contributed by atoms with Crippen LogP contribution in [0.4, 0.5) is 0 Å². The topological polar surface area (TPSA) is 28.9 Å². The molecule has 0 saturated heterocycles. The zero-order valence-corrected chi connectivity index (χ0v) is 22.6. The van der Waals surface area contributed by atoms with E-state index in [-0.39, 0.29) is 0 Å². The first-order valence-electron chi connectivity index (χ1n) is 14.4. The summed E-state index contributed by atoms with van der Waals surface area (Å²) in [5.41, 5.74) is 9.02. The van der Waals surface area contributed by atoms with Crippen LogP contribution in [0.2, 0.25) is 0 Å². The molecule has 0 fully saturated rings. The molecule has 10 rings (SSSR count). The summed E-state index contributed by atoms with van der Waals surface area (Å²) >= 11 is 0. The fourth-order valence-electron chi connectivity index (χ4n) is 7.28. The van der Waals surface area contributed by atoms with Crippen LogP contribution in [0, 0.1) is 0 Å². The second-order valence-electron chi connectivity index (χ2n) is 11.4. The molecule has 0 spiro atoms. The van der Waals surface area contributed by atoms with E-state index >= 15 is 0 Å². The largest absolute Gasteiger partial charge is 0.455 e. The second-order valence-corrected chi connectivity index (χ2v) is 11.4. The lowest BCUT2D eigenvalue weighted by molar-refractivity contribution is 0.670. The minimum absolute atomic E-state index is 0.926. The molecule has 2 aromatic heterocycles. The van der Waals surface area contributed by atoms with Gasteiger partial charge in [0.25, 0.3) is 0 Å². The number of hydrogen-bond acceptors (Lipinski definition) is 1. The van der Waals surface area contributed by atoms with Gasteiger partial charge in [0, 0.05) is 38.2 Å². The van der Waals surface area contributed by atoms with Gasteiger partial charge in [-0.2, -0.15) is 0 Å². The molecule has 194 valence electrons. The van der Waals surface area contributed by atoms with E-state index in [4.69, 9.17) is 4.42 Å². The number of hydrogen-bond donors (Lipinski definition) is 1. The number of rotatable bonds is 2. The highest BCUT2D eigenvalue weighted by molar-refractivity contribution is 6.27. The van der Waals surface area contributed by atoms with E-state index in [1.165, 1.54) is 70.8 Å². The Morgan fingerprint density at radius 1 is 0.429 bits per heavy atom. The van der Waals surface area contributed by atoms with Crippen molar-refractivity contribution in [1.82, 2.24) is 4.98 Å². The van der Waals surface area contributed by atoms with E-state index in [0.29, 0.717) is 0 Å². The third-order valence-corrected chi connectivity index (χ3v) is 9.15. The number of nitrogens with one attached hydrogen (secondary N) is 1. The van der Waals surface area contributed by atoms with Crippen LogP contribution >= 0.6 is 0 Å². The van der Waals surface area contributed by atoms with E-state index in [0.717, 1.165) is 27.5 Å². The molecule has 0 saturated carbocycles. The van der Waals surface area contributed by atoms with Crippen LogP contribution in [-0.2, 0) is 0 Å². The van der Waals surface area contributed by atoms with Gasteiger partial charge in [0.1, 0.15) is 11.2 Å². The summed E-state index contributed by atoms with van der Waals surface area (Å²) in [5.74, 6) is 0. The van der Waals surface area contributed by atoms with Gasteiger partial charge in [-0.25, -0.2) is 0 Å². The Balaban J connectivity index is 1.24. The molecule has 2 heteroatoms. The van der Waals surface area contributed by atoms with Crippen molar-refractivity contribution in [1.29, 1.82) is 0 Å². The normalized spacial score (nSPS) is 12.3. The third-order valence-electron chi connectivity index (χ3n) is 9.15. The van der Waals surface area contributed by atoms with Crippen molar-refractivity contribution in [3.8, 4) is 22.3 Å². The third kappa shape index (κ3) is 2.88. The van der Waals surface area contributed by atoms with Crippen molar-refractivity contribution in [2.45, 2.75) is 0 Å². The average molecular weight is 534 g/mol. The number of aromatic amines is 1. The first kappa shape index (κ1) is 22.1. The number of furan rings is 1. The molecule has 1 N–H and O–H groups in total. The number of fused-ring (bicyclic) bond motifs is 6. The van der Waals surface area contributed by atoms with E-state index in [9.17, 15) is 0 Å². The first-order chi connectivity index (χ1) is 20.8. The summed E-state index contributed by atoms with van der Waals surface area (Å²) in [6.45, 7) is 0. The van der Waals surface area contributed by atoms with Crippen molar-refractivity contribution in [2.75, 3.05) is 0 Å². The molecule has 0 aliphatic carbocycles. The number of aromatic nitrogens is 1. The number of benzene rings is 8. The number of H-pyrrole nitrogens is 1. The molecule has 2 heterocycles. The van der Waals surface area contributed by atoms with E-state index in [2.05, 4.69) is 132 Å². The lowest BCUT2D eigenvalue weighted by Gasteiger charge is -2.16. The summed E-state index contributed by atoms with van der Waals surface area (Å²) < 4.78 is 6.45. The first-order valence-corrected chi connectivity index (χ1v) is 14.4. The Labute approximate surface area is 240 Å². The summed E-state index contributed by atoms with van der Waals surface area (Å²) in [4.78, 5) is 3.70. The van der Waals surface area contributed by atoms with Crippen molar-refractivity contribution < 1.29 is 4.42 Å². The van der Waals surface area contributed by atoms with Gasteiger partial charge in [0.15, 0.2) is 0 Å². The molecule has 10 aromatic rings. The molecule has 0 radical (unpaired) electrons. The Kier molecular flexibility index (Phi) is 4.21. The quantitative estimate of drug-likeness (QED) is 0.220. The van der Waals surface area contributed by atoms with Crippen molar-refractivity contribution >= 4 is 76.1 Å². The van der Waals surface area contributed by atoms with Crippen LogP contribution in [0.3, 0.4) is 0 Å². The summed E-state index contributed by atoms with van der Waals surface area (Å²) in [7, 11) is 0. The van der Waals surface area contributed by atoms with Gasteiger partial charge in [0.05, 0.1) is 5.52 Å². The zero-order valence-electron chi connectivity index (χ0n) is 22.6. The fraction of sp³-hybridized carbons (Fsp3) is 0. The van der Waals surface area contributed by atoms with Crippen LogP contribution in [0.15, 0.2) is 138 Å². The maximum atomic E-state index is 6.45. The minimum atomic E-state index is 0.926.